The van der Waals surface area contributed by atoms with Gasteiger partial charge < -0.3 is 10.6 Å². The Balaban J connectivity index is 2.40. The van der Waals surface area contributed by atoms with Gasteiger partial charge in [0, 0.05) is 25.7 Å². The molecule has 1 atom stereocenters. The standard InChI is InChI=1S/C12H25N3O/c1-10(2)14-8-11-6-4-5-7-15(11)9-12(16)13-3/h10-11,14H,4-9H2,1-3H3,(H,13,16). The predicted molar refractivity (Wildman–Crippen MR) is 66.4 cm³/mol. The first-order valence-electron chi connectivity index (χ1n) is 6.31. The van der Waals surface area contributed by atoms with Crippen LogP contribution in [0.15, 0.2) is 0 Å². The van der Waals surface area contributed by atoms with E-state index in [1.165, 1.54) is 19.3 Å². The molecule has 1 heterocycles. The van der Waals surface area contributed by atoms with Gasteiger partial charge in [-0.1, -0.05) is 20.3 Å². The molecule has 0 saturated carbocycles. The number of hydrogen-bond donors (Lipinski definition) is 2. The van der Waals surface area contributed by atoms with Crippen molar-refractivity contribution in [2.24, 2.45) is 0 Å². The minimum Gasteiger partial charge on any atom is -0.358 e. The van der Waals surface area contributed by atoms with E-state index in [2.05, 4.69) is 29.4 Å². The Morgan fingerprint density at radius 1 is 1.44 bits per heavy atom. The van der Waals surface area contributed by atoms with Gasteiger partial charge in [0.1, 0.15) is 0 Å². The number of carbonyl (C=O) groups is 1. The van der Waals surface area contributed by atoms with Crippen molar-refractivity contribution >= 4 is 5.91 Å². The van der Waals surface area contributed by atoms with Crippen LogP contribution in [0.3, 0.4) is 0 Å². The smallest absolute Gasteiger partial charge is 0.233 e. The molecule has 0 spiro atoms. The Hall–Kier alpha value is -0.610. The number of hydrogen-bond acceptors (Lipinski definition) is 3. The zero-order chi connectivity index (χ0) is 12.0. The van der Waals surface area contributed by atoms with E-state index >= 15 is 0 Å². The summed E-state index contributed by atoms with van der Waals surface area (Å²) in [6, 6.07) is 1.04. The van der Waals surface area contributed by atoms with Crippen LogP contribution in [0.1, 0.15) is 33.1 Å². The Labute approximate surface area is 98.8 Å². The Bertz CT molecular complexity index is 218. The van der Waals surface area contributed by atoms with Crippen LogP contribution in [0.2, 0.25) is 0 Å². The predicted octanol–water partition coefficient (Wildman–Crippen LogP) is 0.585. The summed E-state index contributed by atoms with van der Waals surface area (Å²) >= 11 is 0. The Morgan fingerprint density at radius 2 is 2.19 bits per heavy atom. The van der Waals surface area contributed by atoms with Gasteiger partial charge in [0.25, 0.3) is 0 Å². The zero-order valence-electron chi connectivity index (χ0n) is 10.8. The molecule has 1 fully saturated rings. The SMILES string of the molecule is CNC(=O)CN1CCCCC1CNC(C)C. The molecular weight excluding hydrogens is 202 g/mol. The number of carbonyl (C=O) groups excluding carboxylic acids is 1. The molecule has 0 aromatic heterocycles. The highest BCUT2D eigenvalue weighted by atomic mass is 16.1. The summed E-state index contributed by atoms with van der Waals surface area (Å²) < 4.78 is 0. The third kappa shape index (κ3) is 4.49. The summed E-state index contributed by atoms with van der Waals surface area (Å²) in [5, 5.41) is 6.16. The van der Waals surface area contributed by atoms with Gasteiger partial charge in [-0.3, -0.25) is 9.69 Å². The van der Waals surface area contributed by atoms with Crippen LogP contribution in [0.5, 0.6) is 0 Å². The van der Waals surface area contributed by atoms with Gasteiger partial charge in [-0.25, -0.2) is 0 Å². The van der Waals surface area contributed by atoms with Crippen LogP contribution in [0.25, 0.3) is 0 Å². The maximum atomic E-state index is 11.4. The molecule has 16 heavy (non-hydrogen) atoms. The highest BCUT2D eigenvalue weighted by Gasteiger charge is 2.23. The van der Waals surface area contributed by atoms with Crippen molar-refractivity contribution in [3.05, 3.63) is 0 Å². The maximum Gasteiger partial charge on any atom is 0.233 e. The number of amides is 1. The van der Waals surface area contributed by atoms with Crippen LogP contribution >= 0.6 is 0 Å². The van der Waals surface area contributed by atoms with Gasteiger partial charge in [-0.2, -0.15) is 0 Å². The minimum atomic E-state index is 0.122. The van der Waals surface area contributed by atoms with E-state index in [0.717, 1.165) is 13.1 Å². The number of likely N-dealkylation sites (N-methyl/N-ethyl adjacent to an activating group) is 1. The lowest BCUT2D eigenvalue weighted by Gasteiger charge is -2.35. The molecule has 2 N–H and O–H groups in total. The van der Waals surface area contributed by atoms with E-state index < -0.39 is 0 Å². The molecule has 1 aliphatic rings. The molecule has 1 rings (SSSR count). The fourth-order valence-electron chi connectivity index (χ4n) is 2.13. The van der Waals surface area contributed by atoms with Crippen molar-refractivity contribution in [2.75, 3.05) is 26.7 Å². The van der Waals surface area contributed by atoms with E-state index in [1.54, 1.807) is 7.05 Å². The third-order valence-electron chi connectivity index (χ3n) is 3.14. The first kappa shape index (κ1) is 13.5. The molecule has 4 heteroatoms. The second kappa shape index (κ2) is 6.86. The van der Waals surface area contributed by atoms with Crippen molar-refractivity contribution in [1.29, 1.82) is 0 Å². The summed E-state index contributed by atoms with van der Waals surface area (Å²) in [7, 11) is 1.70. The fraction of sp³-hybridized carbons (Fsp3) is 0.917. The first-order chi connectivity index (χ1) is 7.63. The number of nitrogens with one attached hydrogen (secondary N) is 2. The van der Waals surface area contributed by atoms with E-state index in [1.807, 2.05) is 0 Å². The first-order valence-corrected chi connectivity index (χ1v) is 6.31. The van der Waals surface area contributed by atoms with Gasteiger partial charge >= 0.3 is 0 Å². The third-order valence-corrected chi connectivity index (χ3v) is 3.14. The number of likely N-dealkylation sites (tertiary alicyclic amines) is 1. The van der Waals surface area contributed by atoms with Crippen molar-refractivity contribution in [3.63, 3.8) is 0 Å². The Kier molecular flexibility index (Phi) is 5.77. The number of nitrogens with zero attached hydrogens (tertiary/aromatic N) is 1. The van der Waals surface area contributed by atoms with Crippen LogP contribution < -0.4 is 10.6 Å². The summed E-state index contributed by atoms with van der Waals surface area (Å²) in [5.41, 5.74) is 0. The lowest BCUT2D eigenvalue weighted by atomic mass is 10.0. The zero-order valence-corrected chi connectivity index (χ0v) is 10.8. The van der Waals surface area contributed by atoms with Crippen LogP contribution in [-0.2, 0) is 4.79 Å². The van der Waals surface area contributed by atoms with Crippen molar-refractivity contribution in [2.45, 2.75) is 45.2 Å². The molecule has 1 amide bonds. The van der Waals surface area contributed by atoms with Crippen LogP contribution in [0.4, 0.5) is 0 Å². The Morgan fingerprint density at radius 3 is 2.81 bits per heavy atom. The van der Waals surface area contributed by atoms with Gasteiger partial charge in [-0.15, -0.1) is 0 Å². The van der Waals surface area contributed by atoms with Gasteiger partial charge in [0.15, 0.2) is 0 Å². The average Bonchev–Trinajstić information content (AvgIpc) is 2.27. The molecule has 4 nitrogen and oxygen atoms in total. The monoisotopic (exact) mass is 227 g/mol. The summed E-state index contributed by atoms with van der Waals surface area (Å²) in [4.78, 5) is 13.7. The molecule has 1 unspecified atom stereocenters. The van der Waals surface area contributed by atoms with Crippen molar-refractivity contribution < 1.29 is 4.79 Å². The molecule has 0 aliphatic carbocycles. The second-order valence-electron chi connectivity index (χ2n) is 4.86. The van der Waals surface area contributed by atoms with Crippen LogP contribution in [-0.4, -0.2) is 49.6 Å². The summed E-state index contributed by atoms with van der Waals surface area (Å²) in [6.07, 6.45) is 3.71. The highest BCUT2D eigenvalue weighted by Crippen LogP contribution is 2.15. The second-order valence-corrected chi connectivity index (χ2v) is 4.86. The lowest BCUT2D eigenvalue weighted by molar-refractivity contribution is -0.122. The lowest BCUT2D eigenvalue weighted by Crippen LogP contribution is -2.49. The number of rotatable bonds is 5. The summed E-state index contributed by atoms with van der Waals surface area (Å²) in [6.45, 7) is 6.91. The number of piperidine rings is 1. The molecule has 1 saturated heterocycles. The van der Waals surface area contributed by atoms with E-state index in [0.29, 0.717) is 18.6 Å². The van der Waals surface area contributed by atoms with Gasteiger partial charge in [0.05, 0.1) is 6.54 Å². The minimum absolute atomic E-state index is 0.122. The molecule has 0 radical (unpaired) electrons. The summed E-state index contributed by atoms with van der Waals surface area (Å²) in [5.74, 6) is 0.122. The van der Waals surface area contributed by atoms with E-state index in [-0.39, 0.29) is 5.91 Å². The topological polar surface area (TPSA) is 44.4 Å². The normalized spacial score (nSPS) is 22.4. The molecule has 0 aromatic rings. The maximum absolute atomic E-state index is 11.4. The molecule has 1 aliphatic heterocycles. The van der Waals surface area contributed by atoms with Crippen molar-refractivity contribution in [1.82, 2.24) is 15.5 Å². The van der Waals surface area contributed by atoms with E-state index in [9.17, 15) is 4.79 Å². The van der Waals surface area contributed by atoms with E-state index in [4.69, 9.17) is 0 Å². The molecule has 0 aromatic carbocycles. The average molecular weight is 227 g/mol. The fourth-order valence-corrected chi connectivity index (χ4v) is 2.13. The molecule has 94 valence electrons. The largest absolute Gasteiger partial charge is 0.358 e. The molecular formula is C12H25N3O. The molecule has 0 bridgehead atoms. The highest BCUT2D eigenvalue weighted by molar-refractivity contribution is 5.77. The quantitative estimate of drug-likeness (QED) is 0.722. The van der Waals surface area contributed by atoms with Crippen molar-refractivity contribution in [3.8, 4) is 0 Å². The van der Waals surface area contributed by atoms with Gasteiger partial charge in [0.2, 0.25) is 5.91 Å². The van der Waals surface area contributed by atoms with Gasteiger partial charge in [-0.05, 0) is 19.4 Å². The van der Waals surface area contributed by atoms with Crippen LogP contribution in [0, 0.1) is 0 Å².